The zero-order chi connectivity index (χ0) is 13.3. The summed E-state index contributed by atoms with van der Waals surface area (Å²) < 4.78 is 38.5. The number of hydrogen-bond acceptors (Lipinski definition) is 0. The van der Waals surface area contributed by atoms with Crippen LogP contribution in [0.1, 0.15) is 42.7 Å². The van der Waals surface area contributed by atoms with Gasteiger partial charge in [0.05, 0.1) is 10.6 Å². The molecule has 0 N–H and O–H groups in total. The number of benzene rings is 1. The third kappa shape index (κ3) is 3.32. The van der Waals surface area contributed by atoms with E-state index < -0.39 is 11.7 Å². The molecule has 0 saturated heterocycles. The molecular formula is C13H13ClF3I. The topological polar surface area (TPSA) is 0 Å². The summed E-state index contributed by atoms with van der Waals surface area (Å²) in [5, 5.41) is -0.184. The lowest BCUT2D eigenvalue weighted by Crippen LogP contribution is -2.13. The highest BCUT2D eigenvalue weighted by atomic mass is 127. The quantitative estimate of drug-likeness (QED) is 0.420. The number of halogens is 5. The normalized spacial score (nSPS) is 25.2. The first kappa shape index (κ1) is 14.4. The summed E-state index contributed by atoms with van der Waals surface area (Å²) in [6.07, 6.45) is -0.0339. The minimum Gasteiger partial charge on any atom is -0.166 e. The average molecular weight is 389 g/mol. The predicted octanol–water partition coefficient (Wildman–Crippen LogP) is 5.82. The molecule has 0 heterocycles. The maximum atomic E-state index is 12.6. The van der Waals surface area contributed by atoms with E-state index in [1.807, 2.05) is 0 Å². The Labute approximate surface area is 123 Å². The molecule has 0 aromatic heterocycles. The summed E-state index contributed by atoms with van der Waals surface area (Å²) in [5.41, 5.74) is 0.201. The Morgan fingerprint density at radius 1 is 1.11 bits per heavy atom. The second kappa shape index (κ2) is 5.57. The number of rotatable bonds is 1. The molecule has 1 aromatic carbocycles. The van der Waals surface area contributed by atoms with E-state index in [4.69, 9.17) is 11.6 Å². The minimum absolute atomic E-state index is 0.184. The van der Waals surface area contributed by atoms with Gasteiger partial charge in [-0.15, -0.1) is 0 Å². The highest BCUT2D eigenvalue weighted by Crippen LogP contribution is 2.40. The largest absolute Gasteiger partial charge is 0.417 e. The van der Waals surface area contributed by atoms with E-state index >= 15 is 0 Å². The first-order valence-corrected chi connectivity index (χ1v) is 7.51. The fourth-order valence-electron chi connectivity index (χ4n) is 2.40. The van der Waals surface area contributed by atoms with Gasteiger partial charge in [0.25, 0.3) is 0 Å². The van der Waals surface area contributed by atoms with E-state index in [2.05, 4.69) is 22.6 Å². The van der Waals surface area contributed by atoms with E-state index in [9.17, 15) is 13.2 Å². The van der Waals surface area contributed by atoms with Gasteiger partial charge in [-0.25, -0.2) is 0 Å². The van der Waals surface area contributed by atoms with Crippen LogP contribution >= 0.6 is 34.2 Å². The first-order chi connectivity index (χ1) is 8.38. The fourth-order valence-corrected chi connectivity index (χ4v) is 3.42. The van der Waals surface area contributed by atoms with Crippen molar-refractivity contribution in [1.29, 1.82) is 0 Å². The van der Waals surface area contributed by atoms with Crippen molar-refractivity contribution < 1.29 is 13.2 Å². The summed E-state index contributed by atoms with van der Waals surface area (Å²) in [6.45, 7) is 0. The molecular weight excluding hydrogens is 375 g/mol. The number of hydrogen-bond donors (Lipinski definition) is 0. The van der Waals surface area contributed by atoms with Crippen LogP contribution in [0.3, 0.4) is 0 Å². The van der Waals surface area contributed by atoms with Crippen molar-refractivity contribution in [2.24, 2.45) is 0 Å². The SMILES string of the molecule is FC(F)(F)c1ccc(C2CCC(I)CC2)cc1Cl. The maximum absolute atomic E-state index is 12.6. The monoisotopic (exact) mass is 388 g/mol. The van der Waals surface area contributed by atoms with Crippen molar-refractivity contribution in [3.8, 4) is 0 Å². The van der Waals surface area contributed by atoms with E-state index in [1.54, 1.807) is 6.07 Å². The molecule has 1 saturated carbocycles. The van der Waals surface area contributed by atoms with Crippen LogP contribution in [0.4, 0.5) is 13.2 Å². The summed E-state index contributed by atoms with van der Waals surface area (Å²) in [6, 6.07) is 4.17. The Kier molecular flexibility index (Phi) is 4.47. The van der Waals surface area contributed by atoms with Crippen molar-refractivity contribution in [2.45, 2.75) is 41.7 Å². The fraction of sp³-hybridized carbons (Fsp3) is 0.538. The molecule has 0 spiro atoms. The second-order valence-electron chi connectivity index (χ2n) is 4.69. The Morgan fingerprint density at radius 2 is 1.72 bits per heavy atom. The van der Waals surface area contributed by atoms with Crippen molar-refractivity contribution in [2.75, 3.05) is 0 Å². The molecule has 0 atom stereocenters. The van der Waals surface area contributed by atoms with Crippen LogP contribution < -0.4 is 0 Å². The average Bonchev–Trinajstić information content (AvgIpc) is 2.28. The zero-order valence-corrected chi connectivity index (χ0v) is 12.5. The van der Waals surface area contributed by atoms with Crippen LogP contribution in [0, 0.1) is 0 Å². The summed E-state index contributed by atoms with van der Waals surface area (Å²) in [5.74, 6) is 0.357. The summed E-state index contributed by atoms with van der Waals surface area (Å²) >= 11 is 8.17. The Hall–Kier alpha value is 0.0300. The smallest absolute Gasteiger partial charge is 0.166 e. The van der Waals surface area contributed by atoms with Gasteiger partial charge in [-0.1, -0.05) is 40.3 Å². The van der Waals surface area contributed by atoms with Gasteiger partial charge in [-0.05, 0) is 49.3 Å². The molecule has 0 radical (unpaired) electrons. The lowest BCUT2D eigenvalue weighted by atomic mass is 9.84. The molecule has 0 amide bonds. The van der Waals surface area contributed by atoms with Crippen LogP contribution in [-0.4, -0.2) is 3.92 Å². The van der Waals surface area contributed by atoms with E-state index in [-0.39, 0.29) is 5.02 Å². The highest BCUT2D eigenvalue weighted by Gasteiger charge is 2.33. The van der Waals surface area contributed by atoms with Crippen molar-refractivity contribution in [3.63, 3.8) is 0 Å². The lowest BCUT2D eigenvalue weighted by molar-refractivity contribution is -0.137. The number of alkyl halides is 4. The molecule has 0 unspecified atom stereocenters. The van der Waals surface area contributed by atoms with Gasteiger partial charge in [0, 0.05) is 3.92 Å². The van der Waals surface area contributed by atoms with Gasteiger partial charge >= 0.3 is 6.18 Å². The van der Waals surface area contributed by atoms with Gasteiger partial charge in [0.2, 0.25) is 0 Å². The predicted molar refractivity (Wildman–Crippen MR) is 75.5 cm³/mol. The third-order valence-electron chi connectivity index (χ3n) is 3.43. The first-order valence-electron chi connectivity index (χ1n) is 5.88. The molecule has 0 aliphatic heterocycles. The lowest BCUT2D eigenvalue weighted by Gasteiger charge is -2.26. The molecule has 1 aliphatic carbocycles. The molecule has 1 aromatic rings. The molecule has 1 aliphatic rings. The van der Waals surface area contributed by atoms with Crippen LogP contribution in [0.2, 0.25) is 5.02 Å². The third-order valence-corrected chi connectivity index (χ3v) is 4.99. The van der Waals surface area contributed by atoms with E-state index in [1.165, 1.54) is 6.07 Å². The molecule has 1 fully saturated rings. The van der Waals surface area contributed by atoms with Crippen LogP contribution in [0.25, 0.3) is 0 Å². The van der Waals surface area contributed by atoms with Crippen LogP contribution in [-0.2, 0) is 6.18 Å². The standard InChI is InChI=1S/C13H13ClF3I/c14-12-7-9(3-6-11(12)13(15,16)17)8-1-4-10(18)5-2-8/h3,6-8,10H,1-2,4-5H2. The molecule has 100 valence electrons. The van der Waals surface area contributed by atoms with Crippen molar-refractivity contribution in [1.82, 2.24) is 0 Å². The molecule has 2 rings (SSSR count). The molecule has 0 bridgehead atoms. The summed E-state index contributed by atoms with van der Waals surface area (Å²) in [4.78, 5) is 0. The summed E-state index contributed by atoms with van der Waals surface area (Å²) in [7, 11) is 0. The van der Waals surface area contributed by atoms with Crippen molar-refractivity contribution in [3.05, 3.63) is 34.3 Å². The zero-order valence-electron chi connectivity index (χ0n) is 9.61. The molecule has 18 heavy (non-hydrogen) atoms. The van der Waals surface area contributed by atoms with Gasteiger partial charge in [-0.2, -0.15) is 13.2 Å². The van der Waals surface area contributed by atoms with Gasteiger partial charge in [0.1, 0.15) is 0 Å². The van der Waals surface area contributed by atoms with Gasteiger partial charge < -0.3 is 0 Å². The molecule has 5 heteroatoms. The van der Waals surface area contributed by atoms with Gasteiger partial charge in [-0.3, -0.25) is 0 Å². The maximum Gasteiger partial charge on any atom is 0.417 e. The minimum atomic E-state index is -4.37. The van der Waals surface area contributed by atoms with Crippen LogP contribution in [0.15, 0.2) is 18.2 Å². The highest BCUT2D eigenvalue weighted by molar-refractivity contribution is 14.1. The Bertz CT molecular complexity index is 423. The van der Waals surface area contributed by atoms with Crippen LogP contribution in [0.5, 0.6) is 0 Å². The van der Waals surface area contributed by atoms with Crippen molar-refractivity contribution >= 4 is 34.2 Å². The van der Waals surface area contributed by atoms with E-state index in [0.29, 0.717) is 9.84 Å². The second-order valence-corrected chi connectivity index (χ2v) is 6.85. The Balaban J connectivity index is 2.19. The Morgan fingerprint density at radius 3 is 2.22 bits per heavy atom. The van der Waals surface area contributed by atoms with E-state index in [0.717, 1.165) is 37.3 Å². The van der Waals surface area contributed by atoms with Gasteiger partial charge in [0.15, 0.2) is 0 Å². The molecule has 0 nitrogen and oxygen atoms in total.